The molecule has 1 spiro atoms. The zero-order valence-electron chi connectivity index (χ0n) is 15.4. The van der Waals surface area contributed by atoms with E-state index >= 15 is 0 Å². The van der Waals surface area contributed by atoms with Crippen molar-refractivity contribution in [2.24, 2.45) is 11.3 Å². The van der Waals surface area contributed by atoms with Crippen LogP contribution in [0.25, 0.3) is 0 Å². The molecule has 1 aromatic heterocycles. The Hall–Kier alpha value is -0.880. The van der Waals surface area contributed by atoms with E-state index in [1.165, 1.54) is 19.4 Å². The molecule has 2 fully saturated rings. The fraction of sp³-hybridized carbons (Fsp3) is 0.789. The molecule has 0 radical (unpaired) electrons. The van der Waals surface area contributed by atoms with Gasteiger partial charge in [-0.2, -0.15) is 0 Å². The zero-order chi connectivity index (χ0) is 17.0. The molecule has 0 saturated carbocycles. The number of nitrogens with zero attached hydrogens (tertiary/aromatic N) is 2. The average molecular weight is 336 g/mol. The van der Waals surface area contributed by atoms with E-state index in [9.17, 15) is 0 Å². The summed E-state index contributed by atoms with van der Waals surface area (Å²) in [6, 6.07) is 4.16. The zero-order valence-corrected chi connectivity index (χ0v) is 15.4. The second kappa shape index (κ2) is 8.00. The molecular formula is C19H32N2O3. The Bertz CT molecular complexity index is 508. The molecule has 2 aliphatic rings. The number of likely N-dealkylation sites (tertiary alicyclic amines) is 2. The summed E-state index contributed by atoms with van der Waals surface area (Å²) in [7, 11) is 3.62. The molecular weight excluding hydrogens is 304 g/mol. The first-order valence-electron chi connectivity index (χ1n) is 9.13. The van der Waals surface area contributed by atoms with Crippen molar-refractivity contribution < 1.29 is 13.9 Å². The minimum absolute atomic E-state index is 0.416. The van der Waals surface area contributed by atoms with Crippen LogP contribution in [0.4, 0.5) is 0 Å². The number of furan rings is 1. The van der Waals surface area contributed by atoms with Crippen LogP contribution in [0.3, 0.4) is 0 Å². The van der Waals surface area contributed by atoms with Crippen molar-refractivity contribution in [2.75, 3.05) is 60.2 Å². The first-order valence-corrected chi connectivity index (χ1v) is 9.13. The van der Waals surface area contributed by atoms with Crippen molar-refractivity contribution in [1.82, 2.24) is 9.80 Å². The van der Waals surface area contributed by atoms with Crippen molar-refractivity contribution >= 4 is 0 Å². The van der Waals surface area contributed by atoms with Crippen molar-refractivity contribution in [2.45, 2.75) is 26.3 Å². The highest BCUT2D eigenvalue weighted by molar-refractivity contribution is 5.06. The van der Waals surface area contributed by atoms with Crippen LogP contribution in [0.2, 0.25) is 0 Å². The van der Waals surface area contributed by atoms with Crippen LogP contribution in [-0.2, 0) is 16.0 Å². The third kappa shape index (κ3) is 4.02. The number of piperidine rings is 1. The first-order chi connectivity index (χ1) is 11.6. The standard InChI is InChI=1S/C19H32N2O3/c1-16-4-5-18(24-16)13-20-8-6-19(7-9-20)15-21(10-11-22-2)12-17(19)14-23-3/h4-5,17H,6-15H2,1-3H3/t17-/m1/s1. The predicted molar refractivity (Wildman–Crippen MR) is 94.1 cm³/mol. The van der Waals surface area contributed by atoms with Gasteiger partial charge in [0.05, 0.1) is 19.8 Å². The summed E-state index contributed by atoms with van der Waals surface area (Å²) in [5, 5.41) is 0. The highest BCUT2D eigenvalue weighted by Crippen LogP contribution is 2.44. The highest BCUT2D eigenvalue weighted by atomic mass is 16.5. The molecule has 2 saturated heterocycles. The molecule has 0 aromatic carbocycles. The van der Waals surface area contributed by atoms with Crippen LogP contribution >= 0.6 is 0 Å². The van der Waals surface area contributed by atoms with Gasteiger partial charge >= 0.3 is 0 Å². The van der Waals surface area contributed by atoms with Gasteiger partial charge in [-0.15, -0.1) is 0 Å². The van der Waals surface area contributed by atoms with Gasteiger partial charge in [-0.05, 0) is 50.4 Å². The fourth-order valence-corrected chi connectivity index (χ4v) is 4.48. The topological polar surface area (TPSA) is 38.1 Å². The van der Waals surface area contributed by atoms with Gasteiger partial charge in [0.15, 0.2) is 0 Å². The molecule has 0 amide bonds. The van der Waals surface area contributed by atoms with Crippen LogP contribution < -0.4 is 0 Å². The van der Waals surface area contributed by atoms with Gasteiger partial charge in [0.25, 0.3) is 0 Å². The van der Waals surface area contributed by atoms with Crippen molar-refractivity contribution in [3.63, 3.8) is 0 Å². The molecule has 136 valence electrons. The molecule has 3 rings (SSSR count). The lowest BCUT2D eigenvalue weighted by atomic mass is 9.71. The second-order valence-electron chi connectivity index (χ2n) is 7.53. The molecule has 5 heteroatoms. The van der Waals surface area contributed by atoms with E-state index in [-0.39, 0.29) is 0 Å². The largest absolute Gasteiger partial charge is 0.465 e. The van der Waals surface area contributed by atoms with Crippen LogP contribution in [0.5, 0.6) is 0 Å². The smallest absolute Gasteiger partial charge is 0.118 e. The molecule has 2 aliphatic heterocycles. The second-order valence-corrected chi connectivity index (χ2v) is 7.53. The summed E-state index contributed by atoms with van der Waals surface area (Å²) in [6.45, 7) is 10.3. The maximum absolute atomic E-state index is 5.74. The number of hydrogen-bond acceptors (Lipinski definition) is 5. The Kier molecular flexibility index (Phi) is 5.98. The number of aryl methyl sites for hydroxylation is 1. The molecule has 1 aromatic rings. The van der Waals surface area contributed by atoms with E-state index in [1.807, 2.05) is 14.0 Å². The predicted octanol–water partition coefficient (Wildman–Crippen LogP) is 2.39. The molecule has 0 unspecified atom stereocenters. The summed E-state index contributed by atoms with van der Waals surface area (Å²) < 4.78 is 16.6. The lowest BCUT2D eigenvalue weighted by Crippen LogP contribution is -2.45. The van der Waals surface area contributed by atoms with Gasteiger partial charge in [0, 0.05) is 39.8 Å². The monoisotopic (exact) mass is 336 g/mol. The minimum atomic E-state index is 0.416. The first kappa shape index (κ1) is 17.9. The van der Waals surface area contributed by atoms with Gasteiger partial charge in [-0.25, -0.2) is 0 Å². The van der Waals surface area contributed by atoms with Crippen LogP contribution in [0.1, 0.15) is 24.4 Å². The quantitative estimate of drug-likeness (QED) is 0.764. The summed E-state index contributed by atoms with van der Waals surface area (Å²) in [5.74, 6) is 2.74. The van der Waals surface area contributed by atoms with Crippen molar-refractivity contribution in [1.29, 1.82) is 0 Å². The van der Waals surface area contributed by atoms with E-state index in [4.69, 9.17) is 13.9 Å². The van der Waals surface area contributed by atoms with Gasteiger partial charge in [-0.1, -0.05) is 0 Å². The number of ether oxygens (including phenoxy) is 2. The van der Waals surface area contributed by atoms with Crippen LogP contribution in [-0.4, -0.2) is 70.0 Å². The Morgan fingerprint density at radius 3 is 2.58 bits per heavy atom. The van der Waals surface area contributed by atoms with Gasteiger partial charge in [-0.3, -0.25) is 4.90 Å². The summed E-state index contributed by atoms with van der Waals surface area (Å²) >= 11 is 0. The Labute approximate surface area is 145 Å². The maximum Gasteiger partial charge on any atom is 0.118 e. The molecule has 3 heterocycles. The molecule has 1 atom stereocenters. The molecule has 0 N–H and O–H groups in total. The Morgan fingerprint density at radius 1 is 1.17 bits per heavy atom. The average Bonchev–Trinajstić information content (AvgIpc) is 3.13. The number of hydrogen-bond donors (Lipinski definition) is 0. The van der Waals surface area contributed by atoms with Crippen molar-refractivity contribution in [3.8, 4) is 0 Å². The van der Waals surface area contributed by atoms with Gasteiger partial charge < -0.3 is 18.8 Å². The fourth-order valence-electron chi connectivity index (χ4n) is 4.48. The normalized spacial score (nSPS) is 24.9. The number of rotatable bonds is 7. The van der Waals surface area contributed by atoms with Crippen molar-refractivity contribution in [3.05, 3.63) is 23.7 Å². The molecule has 24 heavy (non-hydrogen) atoms. The lowest BCUT2D eigenvalue weighted by molar-refractivity contribution is 0.0328. The maximum atomic E-state index is 5.74. The minimum Gasteiger partial charge on any atom is -0.465 e. The van der Waals surface area contributed by atoms with Crippen LogP contribution in [0, 0.1) is 18.3 Å². The number of methoxy groups -OCH3 is 2. The van der Waals surface area contributed by atoms with E-state index in [1.54, 1.807) is 7.11 Å². The summed E-state index contributed by atoms with van der Waals surface area (Å²) in [4.78, 5) is 5.10. The molecule has 0 bridgehead atoms. The Morgan fingerprint density at radius 2 is 1.96 bits per heavy atom. The lowest BCUT2D eigenvalue weighted by Gasteiger charge is -2.42. The van der Waals surface area contributed by atoms with E-state index in [0.717, 1.165) is 57.5 Å². The highest BCUT2D eigenvalue weighted by Gasteiger charge is 2.47. The van der Waals surface area contributed by atoms with E-state index in [2.05, 4.69) is 21.9 Å². The van der Waals surface area contributed by atoms with Gasteiger partial charge in [0.2, 0.25) is 0 Å². The molecule has 5 nitrogen and oxygen atoms in total. The van der Waals surface area contributed by atoms with E-state index < -0.39 is 0 Å². The SMILES string of the molecule is COCCN1C[C@H](COC)C2(CCN(Cc3ccc(C)o3)CC2)C1. The third-order valence-corrected chi connectivity index (χ3v) is 5.89. The summed E-state index contributed by atoms with van der Waals surface area (Å²) in [5.41, 5.74) is 0.416. The summed E-state index contributed by atoms with van der Waals surface area (Å²) in [6.07, 6.45) is 2.51. The van der Waals surface area contributed by atoms with Gasteiger partial charge in [0.1, 0.15) is 11.5 Å². The van der Waals surface area contributed by atoms with E-state index in [0.29, 0.717) is 11.3 Å². The molecule has 0 aliphatic carbocycles. The third-order valence-electron chi connectivity index (χ3n) is 5.89. The van der Waals surface area contributed by atoms with Crippen LogP contribution in [0.15, 0.2) is 16.5 Å². The Balaban J connectivity index is 1.57.